The summed E-state index contributed by atoms with van der Waals surface area (Å²) in [6.07, 6.45) is 3.30. The van der Waals surface area contributed by atoms with Crippen molar-refractivity contribution in [1.82, 2.24) is 29.8 Å². The van der Waals surface area contributed by atoms with Crippen molar-refractivity contribution in [3.63, 3.8) is 0 Å². The predicted octanol–water partition coefficient (Wildman–Crippen LogP) is 3.91. The Hall–Kier alpha value is -3.65. The summed E-state index contributed by atoms with van der Waals surface area (Å²) in [6.45, 7) is 0.293. The Morgan fingerprint density at radius 1 is 1.14 bits per heavy atom. The van der Waals surface area contributed by atoms with Crippen molar-refractivity contribution in [2.75, 3.05) is 7.11 Å². The predicted molar refractivity (Wildman–Crippen MR) is 108 cm³/mol. The standard InChI is InChI=1S/C20H15ClN6O2/c1-28-16-7-6-12(8-13(16)10-29-17-5-3-2-4-15(17)21)18-24-20-14-9-23-25-19(14)22-11-27(20)26-18/h2-9,11H,10H2,1H3,(H,23,25). The molecule has 0 radical (unpaired) electrons. The third-order valence-electron chi connectivity index (χ3n) is 4.55. The Kier molecular flexibility index (Phi) is 4.25. The maximum atomic E-state index is 6.18. The summed E-state index contributed by atoms with van der Waals surface area (Å²) in [5.74, 6) is 1.89. The van der Waals surface area contributed by atoms with Crippen LogP contribution in [0.15, 0.2) is 55.0 Å². The topological polar surface area (TPSA) is 90.2 Å². The molecule has 9 heteroatoms. The summed E-state index contributed by atoms with van der Waals surface area (Å²) in [5.41, 5.74) is 3.04. The zero-order valence-electron chi connectivity index (χ0n) is 15.3. The van der Waals surface area contributed by atoms with E-state index in [1.54, 1.807) is 30.2 Å². The molecule has 29 heavy (non-hydrogen) atoms. The summed E-state index contributed by atoms with van der Waals surface area (Å²) in [7, 11) is 1.62. The molecule has 2 aromatic carbocycles. The van der Waals surface area contributed by atoms with Gasteiger partial charge in [-0.2, -0.15) is 5.10 Å². The zero-order chi connectivity index (χ0) is 19.8. The van der Waals surface area contributed by atoms with Gasteiger partial charge in [-0.05, 0) is 30.3 Å². The number of benzene rings is 2. The Labute approximate surface area is 170 Å². The molecule has 0 spiro atoms. The van der Waals surface area contributed by atoms with Gasteiger partial charge >= 0.3 is 0 Å². The Morgan fingerprint density at radius 3 is 2.90 bits per heavy atom. The molecule has 0 bridgehead atoms. The molecule has 1 N–H and O–H groups in total. The number of rotatable bonds is 5. The first kappa shape index (κ1) is 17.4. The lowest BCUT2D eigenvalue weighted by Crippen LogP contribution is -2.00. The molecule has 8 nitrogen and oxygen atoms in total. The molecular formula is C20H15ClN6O2. The Morgan fingerprint density at radius 2 is 2.03 bits per heavy atom. The van der Waals surface area contributed by atoms with Crippen molar-refractivity contribution in [2.24, 2.45) is 0 Å². The number of para-hydroxylation sites is 1. The van der Waals surface area contributed by atoms with Crippen molar-refractivity contribution in [3.05, 3.63) is 65.6 Å². The van der Waals surface area contributed by atoms with Crippen LogP contribution in [0, 0.1) is 0 Å². The second kappa shape index (κ2) is 7.06. The maximum Gasteiger partial charge on any atom is 0.182 e. The summed E-state index contributed by atoms with van der Waals surface area (Å²) in [5, 5.41) is 12.8. The van der Waals surface area contributed by atoms with Gasteiger partial charge in [0.25, 0.3) is 0 Å². The monoisotopic (exact) mass is 406 g/mol. The number of aromatic amines is 1. The van der Waals surface area contributed by atoms with E-state index in [2.05, 4.69) is 25.3 Å². The van der Waals surface area contributed by atoms with Gasteiger partial charge in [0.05, 0.1) is 23.7 Å². The number of hydrogen-bond acceptors (Lipinski definition) is 6. The van der Waals surface area contributed by atoms with Crippen molar-refractivity contribution < 1.29 is 9.47 Å². The zero-order valence-corrected chi connectivity index (χ0v) is 16.1. The minimum atomic E-state index is 0.293. The van der Waals surface area contributed by atoms with Gasteiger partial charge in [0, 0.05) is 11.1 Å². The van der Waals surface area contributed by atoms with E-state index in [4.69, 9.17) is 21.1 Å². The molecule has 0 atom stereocenters. The summed E-state index contributed by atoms with van der Waals surface area (Å²) in [6, 6.07) is 13.1. The van der Waals surface area contributed by atoms with Gasteiger partial charge < -0.3 is 9.47 Å². The van der Waals surface area contributed by atoms with Gasteiger partial charge in [0.15, 0.2) is 17.1 Å². The number of fused-ring (bicyclic) bond motifs is 3. The largest absolute Gasteiger partial charge is 0.496 e. The van der Waals surface area contributed by atoms with Gasteiger partial charge in [-0.15, -0.1) is 5.10 Å². The van der Waals surface area contributed by atoms with Crippen LogP contribution in [0.5, 0.6) is 11.5 Å². The van der Waals surface area contributed by atoms with Crippen LogP contribution >= 0.6 is 11.6 Å². The van der Waals surface area contributed by atoms with Gasteiger partial charge in [-0.1, -0.05) is 23.7 Å². The highest BCUT2D eigenvalue weighted by Gasteiger charge is 2.14. The molecule has 0 unspecified atom stereocenters. The number of methoxy groups -OCH3 is 1. The molecule has 0 saturated carbocycles. The Bertz CT molecular complexity index is 1330. The molecule has 0 saturated heterocycles. The maximum absolute atomic E-state index is 6.18. The van der Waals surface area contributed by atoms with Crippen LogP contribution in [0.1, 0.15) is 5.56 Å². The summed E-state index contributed by atoms with van der Waals surface area (Å²) < 4.78 is 13.0. The van der Waals surface area contributed by atoms with E-state index in [9.17, 15) is 0 Å². The normalized spacial score (nSPS) is 11.2. The van der Waals surface area contributed by atoms with Crippen LogP contribution in [0.3, 0.4) is 0 Å². The first-order valence-electron chi connectivity index (χ1n) is 8.82. The highest BCUT2D eigenvalue weighted by Crippen LogP contribution is 2.29. The van der Waals surface area contributed by atoms with Crippen LogP contribution in [-0.2, 0) is 6.61 Å². The van der Waals surface area contributed by atoms with Gasteiger partial charge in [0.1, 0.15) is 24.4 Å². The van der Waals surface area contributed by atoms with E-state index in [1.807, 2.05) is 36.4 Å². The minimum Gasteiger partial charge on any atom is -0.496 e. The number of nitrogens with one attached hydrogen (secondary N) is 1. The molecule has 3 aromatic heterocycles. The third-order valence-corrected chi connectivity index (χ3v) is 4.86. The van der Waals surface area contributed by atoms with Crippen LogP contribution < -0.4 is 9.47 Å². The smallest absolute Gasteiger partial charge is 0.182 e. The van der Waals surface area contributed by atoms with Gasteiger partial charge in [0.2, 0.25) is 0 Å². The minimum absolute atomic E-state index is 0.293. The van der Waals surface area contributed by atoms with Crippen LogP contribution in [0.4, 0.5) is 0 Å². The molecule has 0 aliphatic carbocycles. The van der Waals surface area contributed by atoms with Crippen molar-refractivity contribution in [3.8, 4) is 22.9 Å². The average molecular weight is 407 g/mol. The Balaban J connectivity index is 1.51. The van der Waals surface area contributed by atoms with E-state index in [0.29, 0.717) is 40.2 Å². The molecule has 0 aliphatic heterocycles. The molecule has 5 aromatic rings. The van der Waals surface area contributed by atoms with Crippen molar-refractivity contribution in [1.29, 1.82) is 0 Å². The van der Waals surface area contributed by atoms with E-state index in [-0.39, 0.29) is 0 Å². The van der Waals surface area contributed by atoms with Crippen molar-refractivity contribution in [2.45, 2.75) is 6.61 Å². The molecule has 0 amide bonds. The SMILES string of the molecule is COc1ccc(-c2nc3c4cn[nH]c4ncn3n2)cc1COc1ccccc1Cl. The number of halogens is 1. The van der Waals surface area contributed by atoms with Crippen LogP contribution in [0.25, 0.3) is 28.1 Å². The number of ether oxygens (including phenoxy) is 2. The summed E-state index contributed by atoms with van der Waals surface area (Å²) in [4.78, 5) is 8.94. The van der Waals surface area contributed by atoms with Gasteiger partial charge in [-0.3, -0.25) is 5.10 Å². The fraction of sp³-hybridized carbons (Fsp3) is 0.100. The molecule has 0 aliphatic rings. The fourth-order valence-corrected chi connectivity index (χ4v) is 3.30. The number of H-pyrrole nitrogens is 1. The molecule has 5 rings (SSSR count). The van der Waals surface area contributed by atoms with Crippen molar-refractivity contribution >= 4 is 28.3 Å². The van der Waals surface area contributed by atoms with E-state index in [1.165, 1.54) is 0 Å². The average Bonchev–Trinajstić information content (AvgIpc) is 3.39. The van der Waals surface area contributed by atoms with E-state index in [0.717, 1.165) is 16.5 Å². The molecule has 0 fully saturated rings. The lowest BCUT2D eigenvalue weighted by molar-refractivity contribution is 0.297. The third kappa shape index (κ3) is 3.13. The number of nitrogens with zero attached hydrogens (tertiary/aromatic N) is 5. The highest BCUT2D eigenvalue weighted by molar-refractivity contribution is 6.32. The first-order valence-corrected chi connectivity index (χ1v) is 9.20. The number of aromatic nitrogens is 6. The van der Waals surface area contributed by atoms with E-state index >= 15 is 0 Å². The lowest BCUT2D eigenvalue weighted by Gasteiger charge is -2.12. The first-order chi connectivity index (χ1) is 14.2. The van der Waals surface area contributed by atoms with Crippen LogP contribution in [-0.4, -0.2) is 36.9 Å². The fourth-order valence-electron chi connectivity index (χ4n) is 3.11. The second-order valence-corrected chi connectivity index (χ2v) is 6.73. The molecular weight excluding hydrogens is 392 g/mol. The second-order valence-electron chi connectivity index (χ2n) is 6.33. The lowest BCUT2D eigenvalue weighted by atomic mass is 10.1. The molecule has 3 heterocycles. The highest BCUT2D eigenvalue weighted by atomic mass is 35.5. The van der Waals surface area contributed by atoms with Crippen LogP contribution in [0.2, 0.25) is 5.02 Å². The quantitative estimate of drug-likeness (QED) is 0.476. The van der Waals surface area contributed by atoms with E-state index < -0.39 is 0 Å². The summed E-state index contributed by atoms with van der Waals surface area (Å²) >= 11 is 6.18. The van der Waals surface area contributed by atoms with Gasteiger partial charge in [-0.25, -0.2) is 14.5 Å². The number of hydrogen-bond donors (Lipinski definition) is 1. The molecule has 144 valence electrons.